The molecule has 0 bridgehead atoms. The van der Waals surface area contributed by atoms with Gasteiger partial charge in [0, 0.05) is 0 Å². The van der Waals surface area contributed by atoms with Gasteiger partial charge in [-0.15, -0.1) is 0 Å². The van der Waals surface area contributed by atoms with E-state index in [-0.39, 0.29) is 12.8 Å². The average molecular weight is 1040 g/mol. The Hall–Kier alpha value is -1.67. The highest BCUT2D eigenvalue weighted by atomic mass is 16.7. The zero-order chi connectivity index (χ0) is 53.3. The van der Waals surface area contributed by atoms with Crippen LogP contribution in [0.15, 0.2) is 36.5 Å². The number of carbonyl (C=O) groups excluding carboxylic acids is 1. The fourth-order valence-corrected chi connectivity index (χ4v) is 9.87. The molecule has 0 aromatic heterocycles. The van der Waals surface area contributed by atoms with Gasteiger partial charge in [-0.3, -0.25) is 4.79 Å². The minimum absolute atomic E-state index is 0.244. The third kappa shape index (κ3) is 39.4. The SMILES string of the molecule is CCCCCCCCCCC/C=C\CCCCCCCCC(O)C(=O)NC(COC1OC(CO)C(O)C(O)C1O)C(O)C(O)CCC/C=C/CC/C=C/CCCCCCCCCCCCCCCCCCCC. The van der Waals surface area contributed by atoms with Crippen LogP contribution in [0.4, 0.5) is 0 Å². The highest BCUT2D eigenvalue weighted by Gasteiger charge is 2.44. The van der Waals surface area contributed by atoms with Crippen molar-refractivity contribution in [1.82, 2.24) is 5.32 Å². The predicted octanol–water partition coefficient (Wildman–Crippen LogP) is 13.5. The molecule has 0 saturated carbocycles. The summed E-state index contributed by atoms with van der Waals surface area (Å²) in [6, 6.07) is -1.19. The molecule has 1 saturated heterocycles. The molecule has 1 aliphatic heterocycles. The Kier molecular flexibility index (Phi) is 48.5. The molecule has 1 amide bonds. The summed E-state index contributed by atoms with van der Waals surface area (Å²) < 4.78 is 11.1. The average Bonchev–Trinajstić information content (AvgIpc) is 3.39. The zero-order valence-corrected chi connectivity index (χ0v) is 47.1. The van der Waals surface area contributed by atoms with Gasteiger partial charge in [0.25, 0.3) is 0 Å². The molecule has 11 heteroatoms. The van der Waals surface area contributed by atoms with Crippen molar-refractivity contribution in [3.63, 3.8) is 0 Å². The van der Waals surface area contributed by atoms with E-state index in [1.165, 1.54) is 180 Å². The summed E-state index contributed by atoms with van der Waals surface area (Å²) in [6.45, 7) is 3.46. The van der Waals surface area contributed by atoms with Gasteiger partial charge in [0.2, 0.25) is 5.91 Å². The maximum atomic E-state index is 13.2. The van der Waals surface area contributed by atoms with Gasteiger partial charge in [-0.1, -0.05) is 243 Å². The predicted molar refractivity (Wildman–Crippen MR) is 302 cm³/mol. The Labute approximate surface area is 447 Å². The summed E-state index contributed by atoms with van der Waals surface area (Å²) in [5.74, 6) is -0.713. The van der Waals surface area contributed by atoms with Crippen LogP contribution in [0.2, 0.25) is 0 Å². The number of amides is 1. The molecule has 0 aromatic carbocycles. The van der Waals surface area contributed by atoms with Gasteiger partial charge in [-0.25, -0.2) is 0 Å². The smallest absolute Gasteiger partial charge is 0.249 e. The third-order valence-corrected chi connectivity index (χ3v) is 14.9. The lowest BCUT2D eigenvalue weighted by Gasteiger charge is -2.40. The number of hydrogen-bond acceptors (Lipinski definition) is 10. The normalized spacial score (nSPS) is 20.2. The van der Waals surface area contributed by atoms with Crippen LogP contribution in [0.25, 0.3) is 0 Å². The standard InChI is InChI=1S/C62H117NO10/c1-3-5-7-9-11-13-15-17-19-21-23-24-25-26-27-28-29-30-32-33-35-37-39-41-43-45-47-49-54(65)57(67)53(52-72-62-60(70)59(69)58(68)56(51-64)73-62)63-61(71)55(66)50-48-46-44-42-40-38-36-34-31-22-20-18-16-14-12-10-8-6-4-2/h31,33-35,41,43,53-60,62,64-70H,3-30,32,36-40,42,44-52H2,1-2H3,(H,63,71)/b34-31-,35-33+,43-41+. The van der Waals surface area contributed by atoms with Crippen LogP contribution in [0.5, 0.6) is 0 Å². The molecule has 1 rings (SSSR count). The molecule has 8 N–H and O–H groups in total. The van der Waals surface area contributed by atoms with E-state index in [1.54, 1.807) is 0 Å². The Morgan fingerprint density at radius 1 is 0.466 bits per heavy atom. The number of hydrogen-bond donors (Lipinski definition) is 8. The highest BCUT2D eigenvalue weighted by Crippen LogP contribution is 2.23. The maximum Gasteiger partial charge on any atom is 0.249 e. The number of unbranched alkanes of at least 4 members (excludes halogenated alkanes) is 35. The summed E-state index contributed by atoms with van der Waals surface area (Å²) in [4.78, 5) is 13.2. The lowest BCUT2D eigenvalue weighted by molar-refractivity contribution is -0.303. The molecule has 0 spiro atoms. The maximum absolute atomic E-state index is 13.2. The number of rotatable bonds is 53. The van der Waals surface area contributed by atoms with Crippen LogP contribution < -0.4 is 5.32 Å². The first-order valence-electron chi connectivity index (χ1n) is 30.9. The van der Waals surface area contributed by atoms with E-state index in [0.717, 1.165) is 57.8 Å². The second-order valence-corrected chi connectivity index (χ2v) is 21.8. The van der Waals surface area contributed by atoms with Crippen molar-refractivity contribution in [1.29, 1.82) is 0 Å². The number of nitrogens with one attached hydrogen (secondary N) is 1. The number of carbonyl (C=O) groups is 1. The van der Waals surface area contributed by atoms with Crippen molar-refractivity contribution in [3.05, 3.63) is 36.5 Å². The Bertz CT molecular complexity index is 1280. The fourth-order valence-electron chi connectivity index (χ4n) is 9.87. The number of allylic oxidation sites excluding steroid dienone is 6. The second-order valence-electron chi connectivity index (χ2n) is 21.8. The van der Waals surface area contributed by atoms with E-state index in [2.05, 4.69) is 55.6 Å². The highest BCUT2D eigenvalue weighted by molar-refractivity contribution is 5.80. The molecule has 1 aliphatic rings. The molecule has 1 heterocycles. The summed E-state index contributed by atoms with van der Waals surface area (Å²) in [7, 11) is 0. The first kappa shape index (κ1) is 69.3. The molecule has 0 aliphatic carbocycles. The minimum Gasteiger partial charge on any atom is -0.394 e. The van der Waals surface area contributed by atoms with E-state index >= 15 is 0 Å². The van der Waals surface area contributed by atoms with Gasteiger partial charge < -0.3 is 50.5 Å². The van der Waals surface area contributed by atoms with Gasteiger partial charge in [-0.05, 0) is 77.0 Å². The van der Waals surface area contributed by atoms with E-state index in [0.29, 0.717) is 19.3 Å². The van der Waals surface area contributed by atoms with Crippen LogP contribution >= 0.6 is 0 Å². The Balaban J connectivity index is 2.31. The molecule has 0 radical (unpaired) electrons. The molecule has 430 valence electrons. The van der Waals surface area contributed by atoms with E-state index in [1.807, 2.05) is 0 Å². The molecule has 11 nitrogen and oxygen atoms in total. The molecular weight excluding hydrogens is 919 g/mol. The van der Waals surface area contributed by atoms with Gasteiger partial charge >= 0.3 is 0 Å². The largest absolute Gasteiger partial charge is 0.394 e. The lowest BCUT2D eigenvalue weighted by atomic mass is 9.98. The molecular formula is C62H117NO10. The van der Waals surface area contributed by atoms with Crippen molar-refractivity contribution >= 4 is 5.91 Å². The quantitative estimate of drug-likeness (QED) is 0.0215. The second kappa shape index (κ2) is 51.1. The topological polar surface area (TPSA) is 189 Å². The van der Waals surface area contributed by atoms with Gasteiger partial charge in [0.1, 0.15) is 36.6 Å². The number of aliphatic hydroxyl groups excluding tert-OH is 7. The van der Waals surface area contributed by atoms with E-state index in [4.69, 9.17) is 9.47 Å². The van der Waals surface area contributed by atoms with Crippen LogP contribution in [0.1, 0.15) is 284 Å². The van der Waals surface area contributed by atoms with Gasteiger partial charge in [0.05, 0.1) is 25.4 Å². The third-order valence-electron chi connectivity index (χ3n) is 14.9. The van der Waals surface area contributed by atoms with E-state index in [9.17, 15) is 40.5 Å². The molecule has 0 aromatic rings. The van der Waals surface area contributed by atoms with Crippen molar-refractivity contribution in [2.24, 2.45) is 0 Å². The Morgan fingerprint density at radius 2 is 0.822 bits per heavy atom. The van der Waals surface area contributed by atoms with Gasteiger partial charge in [0.15, 0.2) is 6.29 Å². The van der Waals surface area contributed by atoms with Crippen molar-refractivity contribution in [3.8, 4) is 0 Å². The van der Waals surface area contributed by atoms with Crippen LogP contribution in [-0.2, 0) is 14.3 Å². The number of aliphatic hydroxyl groups is 7. The number of ether oxygens (including phenoxy) is 2. The monoisotopic (exact) mass is 1040 g/mol. The fraction of sp³-hybridized carbons (Fsp3) is 0.887. The Morgan fingerprint density at radius 3 is 1.22 bits per heavy atom. The summed E-state index contributed by atoms with van der Waals surface area (Å²) in [5.41, 5.74) is 0. The first-order chi connectivity index (χ1) is 35.7. The van der Waals surface area contributed by atoms with Crippen LogP contribution in [0, 0.1) is 0 Å². The van der Waals surface area contributed by atoms with Crippen LogP contribution in [-0.4, -0.2) is 110 Å². The van der Waals surface area contributed by atoms with Crippen molar-refractivity contribution < 1.29 is 50.0 Å². The first-order valence-corrected chi connectivity index (χ1v) is 30.9. The van der Waals surface area contributed by atoms with Crippen molar-refractivity contribution in [2.75, 3.05) is 13.2 Å². The zero-order valence-electron chi connectivity index (χ0n) is 47.1. The minimum atomic E-state index is -1.67. The lowest BCUT2D eigenvalue weighted by Crippen LogP contribution is -2.60. The molecule has 9 atom stereocenters. The van der Waals surface area contributed by atoms with Crippen LogP contribution in [0.3, 0.4) is 0 Å². The van der Waals surface area contributed by atoms with Gasteiger partial charge in [-0.2, -0.15) is 0 Å². The summed E-state index contributed by atoms with van der Waals surface area (Å²) in [5, 5.41) is 76.2. The molecule has 1 fully saturated rings. The molecule has 9 unspecified atom stereocenters. The summed E-state index contributed by atoms with van der Waals surface area (Å²) >= 11 is 0. The molecule has 73 heavy (non-hydrogen) atoms. The van der Waals surface area contributed by atoms with Crippen molar-refractivity contribution in [2.45, 2.75) is 339 Å². The van der Waals surface area contributed by atoms with E-state index < -0.39 is 74.2 Å². The summed E-state index contributed by atoms with van der Waals surface area (Å²) in [6.07, 6.45) is 52.1.